The summed E-state index contributed by atoms with van der Waals surface area (Å²) >= 11 is 0. The molecule has 14 heteroatoms. The van der Waals surface area contributed by atoms with Gasteiger partial charge in [-0.3, -0.25) is 19.2 Å². The topological polar surface area (TPSA) is 226 Å². The average Bonchev–Trinajstić information content (AvgIpc) is 2.95. The Balaban J connectivity index is 2.18. The molecule has 232 valence electrons. The number of nitrogens with one attached hydrogen (secondary N) is 2. The molecule has 0 radical (unpaired) electrons. The molecule has 2 rings (SSSR count). The lowest BCUT2D eigenvalue weighted by Crippen LogP contribution is -2.59. The van der Waals surface area contributed by atoms with E-state index in [0.29, 0.717) is 11.1 Å². The molecule has 0 aliphatic heterocycles. The van der Waals surface area contributed by atoms with E-state index >= 15 is 0 Å². The molecular weight excluding hydrogens is 564 g/mol. The van der Waals surface area contributed by atoms with E-state index in [1.165, 1.54) is 19.1 Å². The molecule has 2 aromatic carbocycles. The van der Waals surface area contributed by atoms with Gasteiger partial charge < -0.3 is 36.4 Å². The second-order valence-electron chi connectivity index (χ2n) is 10.1. The number of rotatable bonds is 14. The largest absolute Gasteiger partial charge is 0.508 e. The summed E-state index contributed by atoms with van der Waals surface area (Å²) in [6.45, 7) is 4.09. The molecule has 4 atom stereocenters. The second-order valence-corrected chi connectivity index (χ2v) is 10.1. The Morgan fingerprint density at radius 3 is 2.00 bits per heavy atom. The molecule has 0 aromatic heterocycles. The number of carbonyl (C=O) groups is 6. The van der Waals surface area contributed by atoms with Crippen LogP contribution in [0, 0.1) is 5.92 Å². The molecule has 0 fully saturated rings. The number of hydrogen-bond donors (Lipinski definition) is 6. The Bertz CT molecular complexity index is 1300. The number of amides is 4. The van der Waals surface area contributed by atoms with Gasteiger partial charge in [0, 0.05) is 0 Å². The third kappa shape index (κ3) is 10.4. The van der Waals surface area contributed by atoms with Crippen LogP contribution in [0.25, 0.3) is 0 Å². The first-order valence-corrected chi connectivity index (χ1v) is 13.3. The minimum Gasteiger partial charge on any atom is -0.508 e. The number of nitrogens with two attached hydrogens (primary N) is 1. The maximum absolute atomic E-state index is 13.3. The van der Waals surface area contributed by atoms with E-state index in [4.69, 9.17) is 10.5 Å². The Morgan fingerprint density at radius 2 is 1.47 bits per heavy atom. The van der Waals surface area contributed by atoms with E-state index in [9.17, 15) is 44.1 Å². The maximum atomic E-state index is 13.3. The molecule has 43 heavy (non-hydrogen) atoms. The zero-order valence-electron chi connectivity index (χ0n) is 23.9. The predicted octanol–water partition coefficient (Wildman–Crippen LogP) is 1.00. The quantitative estimate of drug-likeness (QED) is 0.179. The van der Waals surface area contributed by atoms with Gasteiger partial charge in [0.2, 0.25) is 11.8 Å². The van der Waals surface area contributed by atoms with Crippen LogP contribution in [0.5, 0.6) is 5.75 Å². The highest BCUT2D eigenvalue weighted by Crippen LogP contribution is 2.14. The first kappa shape index (κ1) is 34.2. The number of carboxylic acids is 2. The van der Waals surface area contributed by atoms with Gasteiger partial charge in [-0.25, -0.2) is 14.5 Å². The van der Waals surface area contributed by atoms with Gasteiger partial charge in [-0.1, -0.05) is 56.3 Å². The number of nitrogens with zero attached hydrogens (tertiary/aromatic N) is 1. The molecule has 4 amide bonds. The summed E-state index contributed by atoms with van der Waals surface area (Å²) in [5.41, 5.74) is 7.20. The zero-order valence-corrected chi connectivity index (χ0v) is 23.9. The lowest BCUT2D eigenvalue weighted by Gasteiger charge is -2.29. The van der Waals surface area contributed by atoms with Crippen LogP contribution in [0.4, 0.5) is 4.79 Å². The van der Waals surface area contributed by atoms with Crippen molar-refractivity contribution in [1.29, 1.82) is 0 Å². The second kappa shape index (κ2) is 15.9. The maximum Gasteiger partial charge on any atom is 0.417 e. The highest BCUT2D eigenvalue weighted by Gasteiger charge is 2.40. The highest BCUT2D eigenvalue weighted by molar-refractivity contribution is 6.01. The fourth-order valence-electron chi connectivity index (χ4n) is 3.96. The van der Waals surface area contributed by atoms with E-state index in [0.717, 1.165) is 0 Å². The molecule has 0 heterocycles. The number of ether oxygens (including phenoxy) is 1. The van der Waals surface area contributed by atoms with Crippen LogP contribution in [0.3, 0.4) is 0 Å². The van der Waals surface area contributed by atoms with Crippen molar-refractivity contribution in [2.75, 3.05) is 0 Å². The first-order valence-electron chi connectivity index (χ1n) is 13.3. The van der Waals surface area contributed by atoms with E-state index in [1.807, 2.05) is 0 Å². The molecule has 14 nitrogen and oxygen atoms in total. The number of carboxylic acid groups (broad SMARTS) is 2. The summed E-state index contributed by atoms with van der Waals surface area (Å²) in [6.07, 6.45) is -2.43. The smallest absolute Gasteiger partial charge is 0.417 e. The summed E-state index contributed by atoms with van der Waals surface area (Å²) in [7, 11) is 0. The standard InChI is InChI=1S/C29H36N4O10/c1-16(2)24(32-25(37)21(30)13-18-9-11-20(34)12-10-18)26(38)31-17(3)27(39)33(22(28(40)41)14-23(35)36)29(42)43-15-19-7-5-4-6-8-19/h4-12,16-17,21-22,24,34H,13-15,30H2,1-3H3,(H,31,38)(H,32,37)(H,35,36)(H,40,41). The number of carbonyl (C=O) groups excluding carboxylic acids is 4. The number of imide groups is 1. The van der Waals surface area contributed by atoms with Gasteiger partial charge in [0.25, 0.3) is 5.91 Å². The molecule has 0 spiro atoms. The third-order valence-electron chi connectivity index (χ3n) is 6.31. The van der Waals surface area contributed by atoms with Crippen LogP contribution in [0.2, 0.25) is 0 Å². The molecule has 0 aliphatic carbocycles. The number of aliphatic carboxylic acids is 2. The van der Waals surface area contributed by atoms with Crippen molar-refractivity contribution in [2.24, 2.45) is 11.7 Å². The van der Waals surface area contributed by atoms with Gasteiger partial charge >= 0.3 is 18.0 Å². The third-order valence-corrected chi connectivity index (χ3v) is 6.31. The Hall–Kier alpha value is -4.98. The highest BCUT2D eigenvalue weighted by atomic mass is 16.6. The van der Waals surface area contributed by atoms with Gasteiger partial charge in [0.15, 0.2) is 6.04 Å². The van der Waals surface area contributed by atoms with Crippen LogP contribution in [-0.4, -0.2) is 80.1 Å². The fourth-order valence-corrected chi connectivity index (χ4v) is 3.96. The lowest BCUT2D eigenvalue weighted by atomic mass is 10.0. The summed E-state index contributed by atoms with van der Waals surface area (Å²) in [5, 5.41) is 33.2. The monoisotopic (exact) mass is 600 g/mol. The van der Waals surface area contributed by atoms with Gasteiger partial charge in [-0.15, -0.1) is 0 Å². The number of benzene rings is 2. The minimum absolute atomic E-state index is 0.0441. The van der Waals surface area contributed by atoms with E-state index < -0.39 is 72.3 Å². The van der Waals surface area contributed by atoms with Crippen molar-refractivity contribution in [1.82, 2.24) is 15.5 Å². The van der Waals surface area contributed by atoms with Crippen LogP contribution < -0.4 is 16.4 Å². The number of aromatic hydroxyl groups is 1. The number of phenolic OH excluding ortho intramolecular Hbond substituents is 1. The molecule has 0 saturated carbocycles. The number of hydrogen-bond acceptors (Lipinski definition) is 9. The van der Waals surface area contributed by atoms with Crippen molar-refractivity contribution in [3.05, 3.63) is 65.7 Å². The molecule has 0 bridgehead atoms. The molecule has 0 saturated heterocycles. The van der Waals surface area contributed by atoms with Gasteiger partial charge in [-0.05, 0) is 42.5 Å². The summed E-state index contributed by atoms with van der Waals surface area (Å²) in [5.74, 6) is -6.55. The van der Waals surface area contributed by atoms with Crippen molar-refractivity contribution in [2.45, 2.75) is 64.4 Å². The SMILES string of the molecule is CC(NC(=O)C(NC(=O)C(N)Cc1ccc(O)cc1)C(C)C)C(=O)N(C(=O)OCc1ccccc1)C(CC(=O)O)C(=O)O. The van der Waals surface area contributed by atoms with Crippen molar-refractivity contribution in [3.63, 3.8) is 0 Å². The molecule has 4 unspecified atom stereocenters. The normalized spacial score (nSPS) is 13.6. The summed E-state index contributed by atoms with van der Waals surface area (Å²) in [4.78, 5) is 75.6. The van der Waals surface area contributed by atoms with Crippen LogP contribution in [0.1, 0.15) is 38.3 Å². The predicted molar refractivity (Wildman–Crippen MR) is 151 cm³/mol. The minimum atomic E-state index is -2.13. The van der Waals surface area contributed by atoms with E-state index in [2.05, 4.69) is 10.6 Å². The van der Waals surface area contributed by atoms with Crippen molar-refractivity contribution < 1.29 is 48.8 Å². The van der Waals surface area contributed by atoms with Crippen molar-refractivity contribution in [3.8, 4) is 5.75 Å². The Labute approximate surface area is 247 Å². The summed E-state index contributed by atoms with van der Waals surface area (Å²) < 4.78 is 5.11. The van der Waals surface area contributed by atoms with E-state index in [1.54, 1.807) is 56.3 Å². The average molecular weight is 601 g/mol. The van der Waals surface area contributed by atoms with Gasteiger partial charge in [0.05, 0.1) is 12.5 Å². The first-order chi connectivity index (χ1) is 20.2. The molecule has 0 aliphatic rings. The molecule has 2 aromatic rings. The van der Waals surface area contributed by atoms with Crippen LogP contribution in [-0.2, 0) is 41.7 Å². The summed E-state index contributed by atoms with van der Waals surface area (Å²) in [6, 6.07) is 8.44. The lowest BCUT2D eigenvalue weighted by molar-refractivity contribution is -0.154. The van der Waals surface area contributed by atoms with Gasteiger partial charge in [0.1, 0.15) is 24.4 Å². The van der Waals surface area contributed by atoms with Gasteiger partial charge in [-0.2, -0.15) is 0 Å². The Kier molecular flexibility index (Phi) is 12.6. The van der Waals surface area contributed by atoms with Crippen LogP contribution >= 0.6 is 0 Å². The van der Waals surface area contributed by atoms with Crippen molar-refractivity contribution >= 4 is 35.8 Å². The molecular formula is C29H36N4O10. The zero-order chi connectivity index (χ0) is 32.3. The number of phenols is 1. The van der Waals surface area contributed by atoms with Crippen LogP contribution in [0.15, 0.2) is 54.6 Å². The van der Waals surface area contributed by atoms with E-state index in [-0.39, 0.29) is 23.7 Å². The Morgan fingerprint density at radius 1 is 0.860 bits per heavy atom. The molecule has 7 N–H and O–H groups in total. The fraction of sp³-hybridized carbons (Fsp3) is 0.379.